The second kappa shape index (κ2) is 5.21. The Morgan fingerprint density at radius 2 is 2.50 bits per heavy atom. The van der Waals surface area contributed by atoms with Crippen LogP contribution in [0.5, 0.6) is 0 Å². The Morgan fingerprint density at radius 1 is 1.71 bits per heavy atom. The van der Waals surface area contributed by atoms with Gasteiger partial charge in [-0.3, -0.25) is 9.48 Å². The summed E-state index contributed by atoms with van der Waals surface area (Å²) in [4.78, 5) is 11.2. The Balaban J connectivity index is 2.43. The highest BCUT2D eigenvalue weighted by Crippen LogP contribution is 1.98. The molecular weight excluding hydrogens is 178 g/mol. The van der Waals surface area contributed by atoms with Crippen molar-refractivity contribution in [3.8, 4) is 0 Å². The third-order valence-corrected chi connectivity index (χ3v) is 1.70. The highest BCUT2D eigenvalue weighted by atomic mass is 16.1. The highest BCUT2D eigenvalue weighted by molar-refractivity contribution is 5.91. The van der Waals surface area contributed by atoms with E-state index >= 15 is 0 Å². The number of carbonyl (C=O) groups excluding carboxylic acids is 1. The van der Waals surface area contributed by atoms with E-state index in [4.69, 9.17) is 0 Å². The maximum absolute atomic E-state index is 11.2. The lowest BCUT2D eigenvalue weighted by Gasteiger charge is -1.96. The number of aryl methyl sites for hydroxylation is 1. The van der Waals surface area contributed by atoms with Crippen molar-refractivity contribution in [2.75, 3.05) is 6.54 Å². The van der Waals surface area contributed by atoms with E-state index in [0.717, 1.165) is 18.5 Å². The van der Waals surface area contributed by atoms with E-state index in [1.54, 1.807) is 17.0 Å². The lowest BCUT2D eigenvalue weighted by atomic mass is 10.3. The van der Waals surface area contributed by atoms with Crippen LogP contribution < -0.4 is 5.32 Å². The lowest BCUT2D eigenvalue weighted by molar-refractivity contribution is -0.116. The molecule has 0 bridgehead atoms. The molecule has 4 nitrogen and oxygen atoms in total. The fraction of sp³-hybridized carbons (Fsp3) is 0.400. The van der Waals surface area contributed by atoms with Crippen LogP contribution in [0.25, 0.3) is 6.08 Å². The predicted octanol–water partition coefficient (Wildman–Crippen LogP) is 0.959. The molecule has 0 spiro atoms. The normalized spacial score (nSPS) is 10.7. The third-order valence-electron chi connectivity index (χ3n) is 1.70. The Morgan fingerprint density at radius 3 is 3.07 bits per heavy atom. The molecule has 1 heterocycles. The molecule has 0 unspecified atom stereocenters. The molecule has 0 saturated heterocycles. The van der Waals surface area contributed by atoms with Gasteiger partial charge in [0.2, 0.25) is 5.91 Å². The zero-order valence-corrected chi connectivity index (χ0v) is 8.53. The standard InChI is InChI=1S/C10H15N3O/c1-3-6-11-10(14)5-4-9-7-12-13(2)8-9/h4-5,7-8H,3,6H2,1-2H3,(H,11,14)/b5-4-. The average Bonchev–Trinajstić information content (AvgIpc) is 2.58. The third kappa shape index (κ3) is 3.43. The molecule has 0 atom stereocenters. The molecule has 14 heavy (non-hydrogen) atoms. The minimum absolute atomic E-state index is 0.0595. The summed E-state index contributed by atoms with van der Waals surface area (Å²) in [5, 5.41) is 6.75. The Kier molecular flexibility index (Phi) is 3.91. The molecular formula is C10H15N3O. The van der Waals surface area contributed by atoms with Crippen LogP contribution in [0.4, 0.5) is 0 Å². The Bertz CT molecular complexity index is 328. The van der Waals surface area contributed by atoms with Gasteiger partial charge in [0.25, 0.3) is 0 Å². The van der Waals surface area contributed by atoms with Crippen LogP contribution in [0.1, 0.15) is 18.9 Å². The molecule has 1 aromatic heterocycles. The van der Waals surface area contributed by atoms with Crippen molar-refractivity contribution in [2.45, 2.75) is 13.3 Å². The van der Waals surface area contributed by atoms with Crippen molar-refractivity contribution >= 4 is 12.0 Å². The zero-order chi connectivity index (χ0) is 10.4. The van der Waals surface area contributed by atoms with Crippen LogP contribution in [0.15, 0.2) is 18.5 Å². The van der Waals surface area contributed by atoms with Gasteiger partial charge >= 0.3 is 0 Å². The summed E-state index contributed by atoms with van der Waals surface area (Å²) in [5.74, 6) is -0.0595. The highest BCUT2D eigenvalue weighted by Gasteiger charge is 1.94. The summed E-state index contributed by atoms with van der Waals surface area (Å²) in [6.45, 7) is 2.74. The average molecular weight is 193 g/mol. The van der Waals surface area contributed by atoms with Crippen molar-refractivity contribution in [3.05, 3.63) is 24.0 Å². The molecule has 1 aromatic rings. The van der Waals surface area contributed by atoms with Crippen LogP contribution in [-0.2, 0) is 11.8 Å². The van der Waals surface area contributed by atoms with Gasteiger partial charge in [0.1, 0.15) is 0 Å². The number of amides is 1. The SMILES string of the molecule is CCCNC(=O)/C=C\c1cnn(C)c1. The predicted molar refractivity (Wildman–Crippen MR) is 55.5 cm³/mol. The summed E-state index contributed by atoms with van der Waals surface area (Å²) >= 11 is 0. The fourth-order valence-electron chi connectivity index (χ4n) is 1.01. The monoisotopic (exact) mass is 193 g/mol. The minimum Gasteiger partial charge on any atom is -0.353 e. The van der Waals surface area contributed by atoms with Gasteiger partial charge in [0.05, 0.1) is 6.20 Å². The molecule has 4 heteroatoms. The first-order valence-corrected chi connectivity index (χ1v) is 4.67. The molecule has 0 aliphatic heterocycles. The van der Waals surface area contributed by atoms with Gasteiger partial charge in [0.15, 0.2) is 0 Å². The number of aromatic nitrogens is 2. The quantitative estimate of drug-likeness (QED) is 0.724. The van der Waals surface area contributed by atoms with Crippen molar-refractivity contribution in [2.24, 2.45) is 7.05 Å². The smallest absolute Gasteiger partial charge is 0.244 e. The molecule has 1 N–H and O–H groups in total. The molecule has 1 amide bonds. The van der Waals surface area contributed by atoms with Gasteiger partial charge in [-0.25, -0.2) is 0 Å². The maximum Gasteiger partial charge on any atom is 0.244 e. The second-order valence-corrected chi connectivity index (χ2v) is 3.07. The van der Waals surface area contributed by atoms with Crippen LogP contribution >= 0.6 is 0 Å². The maximum atomic E-state index is 11.2. The first-order chi connectivity index (χ1) is 6.72. The van der Waals surface area contributed by atoms with E-state index in [2.05, 4.69) is 10.4 Å². The fourth-order valence-corrected chi connectivity index (χ4v) is 1.01. The number of rotatable bonds is 4. The summed E-state index contributed by atoms with van der Waals surface area (Å²) in [6, 6.07) is 0. The molecule has 76 valence electrons. The summed E-state index contributed by atoms with van der Waals surface area (Å²) < 4.78 is 1.70. The van der Waals surface area contributed by atoms with E-state index in [1.807, 2.05) is 20.2 Å². The molecule has 0 aromatic carbocycles. The molecule has 1 rings (SSSR count). The van der Waals surface area contributed by atoms with E-state index < -0.39 is 0 Å². The van der Waals surface area contributed by atoms with Crippen molar-refractivity contribution in [3.63, 3.8) is 0 Å². The van der Waals surface area contributed by atoms with Crippen molar-refractivity contribution in [1.82, 2.24) is 15.1 Å². The molecule has 0 saturated carbocycles. The van der Waals surface area contributed by atoms with Crippen LogP contribution in [0.2, 0.25) is 0 Å². The van der Waals surface area contributed by atoms with E-state index in [0.29, 0.717) is 0 Å². The van der Waals surface area contributed by atoms with Crippen molar-refractivity contribution in [1.29, 1.82) is 0 Å². The van der Waals surface area contributed by atoms with E-state index in [9.17, 15) is 4.79 Å². The van der Waals surface area contributed by atoms with Gasteiger partial charge in [-0.2, -0.15) is 5.10 Å². The van der Waals surface area contributed by atoms with Gasteiger partial charge in [-0.05, 0) is 12.5 Å². The number of nitrogens with zero attached hydrogens (tertiary/aromatic N) is 2. The summed E-state index contributed by atoms with van der Waals surface area (Å²) in [6.07, 6.45) is 7.78. The summed E-state index contributed by atoms with van der Waals surface area (Å²) in [5.41, 5.74) is 0.930. The van der Waals surface area contributed by atoms with Gasteiger partial charge in [0, 0.05) is 31.4 Å². The largest absolute Gasteiger partial charge is 0.353 e. The topological polar surface area (TPSA) is 46.9 Å². The minimum atomic E-state index is -0.0595. The second-order valence-electron chi connectivity index (χ2n) is 3.07. The summed E-state index contributed by atoms with van der Waals surface area (Å²) in [7, 11) is 1.84. The van der Waals surface area contributed by atoms with Crippen LogP contribution in [-0.4, -0.2) is 22.2 Å². The van der Waals surface area contributed by atoms with Crippen LogP contribution in [0, 0.1) is 0 Å². The zero-order valence-electron chi connectivity index (χ0n) is 8.53. The molecule has 0 fully saturated rings. The Labute approximate surface area is 83.6 Å². The number of hydrogen-bond donors (Lipinski definition) is 1. The van der Waals surface area contributed by atoms with E-state index in [-0.39, 0.29) is 5.91 Å². The molecule has 0 aliphatic rings. The van der Waals surface area contributed by atoms with Gasteiger partial charge in [-0.1, -0.05) is 6.92 Å². The Hall–Kier alpha value is -1.58. The number of hydrogen-bond acceptors (Lipinski definition) is 2. The molecule has 0 aliphatic carbocycles. The first-order valence-electron chi connectivity index (χ1n) is 4.67. The van der Waals surface area contributed by atoms with Crippen LogP contribution in [0.3, 0.4) is 0 Å². The van der Waals surface area contributed by atoms with Gasteiger partial charge in [-0.15, -0.1) is 0 Å². The molecule has 0 radical (unpaired) electrons. The lowest BCUT2D eigenvalue weighted by Crippen LogP contribution is -2.21. The first kappa shape index (κ1) is 10.5. The number of carbonyl (C=O) groups is 1. The van der Waals surface area contributed by atoms with Gasteiger partial charge < -0.3 is 5.32 Å². The van der Waals surface area contributed by atoms with Crippen molar-refractivity contribution < 1.29 is 4.79 Å². The van der Waals surface area contributed by atoms with E-state index in [1.165, 1.54) is 6.08 Å². The number of nitrogens with one attached hydrogen (secondary N) is 1.